The smallest absolute Gasteiger partial charge is 0.221 e. The van der Waals surface area contributed by atoms with Gasteiger partial charge in [0.2, 0.25) is 5.91 Å². The molecule has 1 amide bonds. The number of hydrogen-bond acceptors (Lipinski definition) is 2. The van der Waals surface area contributed by atoms with Gasteiger partial charge in [-0.3, -0.25) is 4.79 Å². The molecule has 1 aromatic rings. The molecule has 13 heavy (non-hydrogen) atoms. The van der Waals surface area contributed by atoms with Crippen molar-refractivity contribution in [2.24, 2.45) is 0 Å². The molecule has 0 fully saturated rings. The molecule has 1 aromatic carbocycles. The van der Waals surface area contributed by atoms with Crippen LogP contribution >= 0.6 is 11.6 Å². The highest BCUT2D eigenvalue weighted by Crippen LogP contribution is 2.25. The average Bonchev–Trinajstić information content (AvgIpc) is 1.99. The number of amides is 1. The standard InChI is InChI=1S/C8H8ClFN2O/c1-4(13)12-8-3-7(11)5(9)2-6(8)10/h2-3H,11H2,1H3,(H,12,13). The third-order valence-electron chi connectivity index (χ3n) is 1.40. The van der Waals surface area contributed by atoms with Gasteiger partial charge in [-0.15, -0.1) is 0 Å². The van der Waals surface area contributed by atoms with Gasteiger partial charge in [0.1, 0.15) is 5.82 Å². The number of carbonyl (C=O) groups excluding carboxylic acids is 1. The van der Waals surface area contributed by atoms with Crippen molar-refractivity contribution < 1.29 is 9.18 Å². The van der Waals surface area contributed by atoms with Crippen molar-refractivity contribution in [1.29, 1.82) is 0 Å². The van der Waals surface area contributed by atoms with Crippen LogP contribution in [-0.4, -0.2) is 5.91 Å². The van der Waals surface area contributed by atoms with Crippen LogP contribution in [0.2, 0.25) is 5.02 Å². The second-order valence-electron chi connectivity index (χ2n) is 2.53. The van der Waals surface area contributed by atoms with Crippen LogP contribution in [-0.2, 0) is 4.79 Å². The molecule has 1 rings (SSSR count). The Morgan fingerprint density at radius 3 is 2.77 bits per heavy atom. The first-order valence-corrected chi connectivity index (χ1v) is 3.90. The van der Waals surface area contributed by atoms with Crippen LogP contribution in [0.3, 0.4) is 0 Å². The minimum atomic E-state index is -0.602. The molecule has 0 bridgehead atoms. The van der Waals surface area contributed by atoms with Crippen molar-refractivity contribution in [2.75, 3.05) is 11.1 Å². The molecule has 0 aromatic heterocycles. The predicted molar refractivity (Wildman–Crippen MR) is 50.1 cm³/mol. The molecule has 3 nitrogen and oxygen atoms in total. The summed E-state index contributed by atoms with van der Waals surface area (Å²) in [6.07, 6.45) is 0. The van der Waals surface area contributed by atoms with E-state index in [9.17, 15) is 9.18 Å². The Morgan fingerprint density at radius 1 is 1.62 bits per heavy atom. The van der Waals surface area contributed by atoms with E-state index in [1.165, 1.54) is 13.0 Å². The van der Waals surface area contributed by atoms with E-state index in [1.54, 1.807) is 0 Å². The Kier molecular flexibility index (Phi) is 2.72. The van der Waals surface area contributed by atoms with Crippen LogP contribution in [0.15, 0.2) is 12.1 Å². The van der Waals surface area contributed by atoms with Crippen molar-refractivity contribution in [2.45, 2.75) is 6.92 Å². The third kappa shape index (κ3) is 2.32. The molecule has 0 saturated heterocycles. The van der Waals surface area contributed by atoms with E-state index < -0.39 is 5.82 Å². The maximum atomic E-state index is 13.0. The quantitative estimate of drug-likeness (QED) is 0.685. The normalized spacial score (nSPS) is 9.77. The van der Waals surface area contributed by atoms with Crippen LogP contribution in [0.25, 0.3) is 0 Å². The average molecular weight is 203 g/mol. The van der Waals surface area contributed by atoms with Crippen molar-refractivity contribution in [3.63, 3.8) is 0 Å². The lowest BCUT2D eigenvalue weighted by atomic mass is 10.2. The van der Waals surface area contributed by atoms with Crippen LogP contribution in [0.4, 0.5) is 15.8 Å². The molecular formula is C8H8ClFN2O. The van der Waals surface area contributed by atoms with Crippen LogP contribution in [0.5, 0.6) is 0 Å². The van der Waals surface area contributed by atoms with Crippen LogP contribution in [0.1, 0.15) is 6.92 Å². The summed E-state index contributed by atoms with van der Waals surface area (Å²) >= 11 is 5.54. The van der Waals surface area contributed by atoms with Gasteiger partial charge in [-0.1, -0.05) is 11.6 Å². The molecule has 0 saturated carbocycles. The number of hydrogen-bond donors (Lipinski definition) is 2. The molecule has 0 spiro atoms. The second-order valence-corrected chi connectivity index (χ2v) is 2.94. The Morgan fingerprint density at radius 2 is 2.23 bits per heavy atom. The van der Waals surface area contributed by atoms with Crippen LogP contribution < -0.4 is 11.1 Å². The first-order chi connectivity index (χ1) is 6.00. The molecule has 0 radical (unpaired) electrons. The zero-order chi connectivity index (χ0) is 10.0. The van der Waals surface area contributed by atoms with Crippen LogP contribution in [0, 0.1) is 5.82 Å². The summed E-state index contributed by atoms with van der Waals surface area (Å²) in [6.45, 7) is 1.28. The minimum absolute atomic E-state index is 0.0365. The molecule has 0 aliphatic carbocycles. The topological polar surface area (TPSA) is 55.1 Å². The van der Waals surface area contributed by atoms with E-state index >= 15 is 0 Å². The molecule has 0 heterocycles. The van der Waals surface area contributed by atoms with Crippen molar-refractivity contribution in [3.8, 4) is 0 Å². The van der Waals surface area contributed by atoms with E-state index in [1.807, 2.05) is 0 Å². The van der Waals surface area contributed by atoms with Gasteiger partial charge < -0.3 is 11.1 Å². The molecule has 5 heteroatoms. The van der Waals surface area contributed by atoms with E-state index in [4.69, 9.17) is 17.3 Å². The van der Waals surface area contributed by atoms with Gasteiger partial charge in [-0.05, 0) is 12.1 Å². The first kappa shape index (κ1) is 9.80. The van der Waals surface area contributed by atoms with Gasteiger partial charge in [0.05, 0.1) is 16.4 Å². The van der Waals surface area contributed by atoms with Gasteiger partial charge in [0, 0.05) is 6.92 Å². The number of anilines is 2. The summed E-state index contributed by atoms with van der Waals surface area (Å²) in [4.78, 5) is 10.6. The van der Waals surface area contributed by atoms with Crippen molar-refractivity contribution >= 4 is 28.9 Å². The minimum Gasteiger partial charge on any atom is -0.397 e. The summed E-state index contributed by atoms with van der Waals surface area (Å²) in [5.74, 6) is -0.963. The number of nitrogens with two attached hydrogens (primary N) is 1. The number of nitrogens with one attached hydrogen (secondary N) is 1. The molecule has 0 unspecified atom stereocenters. The summed E-state index contributed by atoms with van der Waals surface area (Å²) in [5.41, 5.74) is 5.68. The largest absolute Gasteiger partial charge is 0.397 e. The SMILES string of the molecule is CC(=O)Nc1cc(N)c(Cl)cc1F. The van der Waals surface area contributed by atoms with Gasteiger partial charge in [0.25, 0.3) is 0 Å². The number of halogens is 2. The molecule has 3 N–H and O–H groups in total. The highest BCUT2D eigenvalue weighted by molar-refractivity contribution is 6.33. The fourth-order valence-corrected chi connectivity index (χ4v) is 1.00. The van der Waals surface area contributed by atoms with E-state index in [2.05, 4.69) is 5.32 Å². The fourth-order valence-electron chi connectivity index (χ4n) is 0.851. The van der Waals surface area contributed by atoms with Gasteiger partial charge >= 0.3 is 0 Å². The maximum Gasteiger partial charge on any atom is 0.221 e. The Hall–Kier alpha value is -1.29. The summed E-state index contributed by atoms with van der Waals surface area (Å²) in [7, 11) is 0. The Balaban J connectivity index is 3.08. The summed E-state index contributed by atoms with van der Waals surface area (Å²) in [6, 6.07) is 2.33. The number of rotatable bonds is 1. The number of benzene rings is 1. The second kappa shape index (κ2) is 3.62. The lowest BCUT2D eigenvalue weighted by Gasteiger charge is -2.05. The van der Waals surface area contributed by atoms with Gasteiger partial charge in [-0.2, -0.15) is 0 Å². The van der Waals surface area contributed by atoms with Crippen molar-refractivity contribution in [3.05, 3.63) is 23.0 Å². The zero-order valence-corrected chi connectivity index (χ0v) is 7.65. The highest BCUT2D eigenvalue weighted by atomic mass is 35.5. The van der Waals surface area contributed by atoms with Crippen molar-refractivity contribution in [1.82, 2.24) is 0 Å². The first-order valence-electron chi connectivity index (χ1n) is 3.53. The molecule has 0 atom stereocenters. The van der Waals surface area contributed by atoms with Gasteiger partial charge in [-0.25, -0.2) is 4.39 Å². The lowest BCUT2D eigenvalue weighted by molar-refractivity contribution is -0.114. The fraction of sp³-hybridized carbons (Fsp3) is 0.125. The summed E-state index contributed by atoms with van der Waals surface area (Å²) < 4.78 is 13.0. The molecule has 70 valence electrons. The maximum absolute atomic E-state index is 13.0. The molecular weight excluding hydrogens is 195 g/mol. The Bertz CT molecular complexity index is 354. The summed E-state index contributed by atoms with van der Waals surface area (Å²) in [5, 5.41) is 2.42. The predicted octanol–water partition coefficient (Wildman–Crippen LogP) is 2.02. The van der Waals surface area contributed by atoms with Gasteiger partial charge in [0.15, 0.2) is 0 Å². The third-order valence-corrected chi connectivity index (χ3v) is 1.72. The highest BCUT2D eigenvalue weighted by Gasteiger charge is 2.07. The number of carbonyl (C=O) groups is 1. The lowest BCUT2D eigenvalue weighted by Crippen LogP contribution is -2.08. The van der Waals surface area contributed by atoms with E-state index in [0.717, 1.165) is 6.07 Å². The Labute approximate surface area is 79.7 Å². The van der Waals surface area contributed by atoms with E-state index in [0.29, 0.717) is 0 Å². The number of nitrogen functional groups attached to an aromatic ring is 1. The monoisotopic (exact) mass is 202 g/mol. The van der Waals surface area contributed by atoms with E-state index in [-0.39, 0.29) is 22.3 Å². The molecule has 0 aliphatic rings. The zero-order valence-electron chi connectivity index (χ0n) is 6.90. The molecule has 0 aliphatic heterocycles.